The number of nitrogens with zero attached hydrogens (tertiary/aromatic N) is 2. The van der Waals surface area contributed by atoms with E-state index in [4.69, 9.17) is 27.9 Å². The van der Waals surface area contributed by atoms with E-state index in [0.29, 0.717) is 50.2 Å². The van der Waals surface area contributed by atoms with Crippen LogP contribution in [0, 0.1) is 0 Å². The first-order valence-corrected chi connectivity index (χ1v) is 16.0. The third kappa shape index (κ3) is 6.62. The van der Waals surface area contributed by atoms with Crippen molar-refractivity contribution in [1.29, 1.82) is 0 Å². The minimum absolute atomic E-state index is 0.00200. The first-order valence-electron chi connectivity index (χ1n) is 15.3. The molecule has 2 aliphatic heterocycles. The standard InChI is InChI=1S/C34H32Cl2F6N2O3/c35-27-6-5-23(19-28(27)36)32(9-12-43-10-7-31(8-11-43)26-4-2-1-3-21(26)17-29(31)45)20-44(13-14-47-32)30(46)22-15-24(33(37,38)39)18-25(16-22)34(40,41)42/h1-6,15-16,18-19,29,45H,7-14,17,20H2/t29?,32-/m0/s1. The minimum Gasteiger partial charge on any atom is -0.392 e. The molecular formula is C34H32Cl2F6N2O3. The van der Waals surface area contributed by atoms with Crippen LogP contribution in [0.3, 0.4) is 0 Å². The Morgan fingerprint density at radius 2 is 1.55 bits per heavy atom. The van der Waals surface area contributed by atoms with Crippen LogP contribution in [0.2, 0.25) is 10.0 Å². The normalized spacial score (nSPS) is 23.3. The van der Waals surface area contributed by atoms with Crippen molar-refractivity contribution in [3.63, 3.8) is 0 Å². The molecule has 3 aromatic rings. The summed E-state index contributed by atoms with van der Waals surface area (Å²) in [5.41, 5.74) is -2.39. The number of rotatable bonds is 5. The topological polar surface area (TPSA) is 53.0 Å². The van der Waals surface area contributed by atoms with Crippen LogP contribution in [0.4, 0.5) is 26.3 Å². The number of morpholine rings is 1. The van der Waals surface area contributed by atoms with Gasteiger partial charge in [0, 0.05) is 24.1 Å². The second kappa shape index (κ2) is 12.6. The van der Waals surface area contributed by atoms with Crippen LogP contribution in [0.1, 0.15) is 57.4 Å². The van der Waals surface area contributed by atoms with Crippen LogP contribution in [-0.4, -0.2) is 66.2 Å². The Morgan fingerprint density at radius 3 is 2.19 bits per heavy atom. The van der Waals surface area contributed by atoms with Gasteiger partial charge in [-0.2, -0.15) is 26.3 Å². The van der Waals surface area contributed by atoms with Crippen LogP contribution in [0.5, 0.6) is 0 Å². The molecule has 47 heavy (non-hydrogen) atoms. The molecule has 1 aliphatic carbocycles. The summed E-state index contributed by atoms with van der Waals surface area (Å²) >= 11 is 12.6. The number of alkyl halides is 6. The fourth-order valence-electron chi connectivity index (χ4n) is 7.35. The third-order valence-electron chi connectivity index (χ3n) is 9.94. The number of carbonyl (C=O) groups is 1. The summed E-state index contributed by atoms with van der Waals surface area (Å²) < 4.78 is 87.8. The monoisotopic (exact) mass is 700 g/mol. The molecule has 1 N–H and O–H groups in total. The molecule has 2 atom stereocenters. The minimum atomic E-state index is -5.09. The van der Waals surface area contributed by atoms with E-state index in [9.17, 15) is 36.2 Å². The molecule has 5 nitrogen and oxygen atoms in total. The van der Waals surface area contributed by atoms with Crippen LogP contribution in [0.25, 0.3) is 0 Å². The summed E-state index contributed by atoms with van der Waals surface area (Å²) in [5, 5.41) is 11.6. The Hall–Kier alpha value is -2.83. The van der Waals surface area contributed by atoms with Gasteiger partial charge in [-0.25, -0.2) is 0 Å². The molecule has 2 saturated heterocycles. The van der Waals surface area contributed by atoms with E-state index in [2.05, 4.69) is 17.0 Å². The second-order valence-electron chi connectivity index (χ2n) is 12.6. The second-order valence-corrected chi connectivity index (χ2v) is 13.4. The lowest BCUT2D eigenvalue weighted by molar-refractivity contribution is -0.143. The zero-order valence-electron chi connectivity index (χ0n) is 25.1. The average molecular weight is 702 g/mol. The van der Waals surface area contributed by atoms with Gasteiger partial charge in [-0.1, -0.05) is 53.5 Å². The van der Waals surface area contributed by atoms with Gasteiger partial charge in [-0.15, -0.1) is 0 Å². The van der Waals surface area contributed by atoms with E-state index in [1.54, 1.807) is 18.2 Å². The number of hydrogen-bond acceptors (Lipinski definition) is 4. The summed E-state index contributed by atoms with van der Waals surface area (Å²) in [5.74, 6) is -0.969. The van der Waals surface area contributed by atoms with Crippen molar-refractivity contribution >= 4 is 29.1 Å². The Labute approximate surface area is 278 Å². The molecule has 1 spiro atoms. The molecule has 3 aliphatic rings. The maximum atomic E-state index is 13.6. The fraction of sp³-hybridized carbons (Fsp3) is 0.441. The third-order valence-corrected chi connectivity index (χ3v) is 10.7. The molecule has 0 bridgehead atoms. The summed E-state index contributed by atoms with van der Waals surface area (Å²) in [6.07, 6.45) is -8.20. The largest absolute Gasteiger partial charge is 0.416 e. The van der Waals surface area contributed by atoms with E-state index in [-0.39, 0.29) is 41.2 Å². The number of aliphatic hydroxyl groups is 1. The number of halogens is 8. The summed E-state index contributed by atoms with van der Waals surface area (Å²) in [6, 6.07) is 13.9. The molecule has 0 saturated carbocycles. The maximum absolute atomic E-state index is 13.6. The Kier molecular flexibility index (Phi) is 9.10. The van der Waals surface area contributed by atoms with Gasteiger partial charge in [-0.05, 0) is 85.8 Å². The highest BCUT2D eigenvalue weighted by atomic mass is 35.5. The van der Waals surface area contributed by atoms with Crippen LogP contribution in [-0.2, 0) is 34.5 Å². The summed E-state index contributed by atoms with van der Waals surface area (Å²) in [6.45, 7) is 1.71. The Bertz CT molecular complexity index is 1630. The number of fused-ring (bicyclic) bond motifs is 2. The van der Waals surface area contributed by atoms with E-state index in [1.165, 1.54) is 10.5 Å². The Balaban J connectivity index is 1.25. The number of carbonyl (C=O) groups excluding carboxylic acids is 1. The molecule has 3 aromatic carbocycles. The lowest BCUT2D eigenvalue weighted by Gasteiger charge is -2.46. The number of hydrogen-bond donors (Lipinski definition) is 1. The fourth-order valence-corrected chi connectivity index (χ4v) is 7.65. The van der Waals surface area contributed by atoms with Gasteiger partial charge in [0.2, 0.25) is 0 Å². The zero-order valence-corrected chi connectivity index (χ0v) is 26.6. The number of likely N-dealkylation sites (tertiary alicyclic amines) is 1. The van der Waals surface area contributed by atoms with Crippen LogP contribution >= 0.6 is 23.2 Å². The molecule has 1 unspecified atom stereocenters. The molecule has 0 radical (unpaired) electrons. The number of benzene rings is 3. The van der Waals surface area contributed by atoms with Gasteiger partial charge >= 0.3 is 12.4 Å². The quantitative estimate of drug-likeness (QED) is 0.277. The molecule has 2 fully saturated rings. The van der Waals surface area contributed by atoms with Crippen molar-refractivity contribution in [2.24, 2.45) is 0 Å². The van der Waals surface area contributed by atoms with Gasteiger partial charge in [0.05, 0.1) is 40.4 Å². The number of amides is 1. The first-order chi connectivity index (χ1) is 22.1. The van der Waals surface area contributed by atoms with Crippen molar-refractivity contribution < 1.29 is 41.0 Å². The van der Waals surface area contributed by atoms with Gasteiger partial charge in [-0.3, -0.25) is 4.79 Å². The van der Waals surface area contributed by atoms with Gasteiger partial charge < -0.3 is 19.6 Å². The lowest BCUT2D eigenvalue weighted by atomic mass is 9.72. The van der Waals surface area contributed by atoms with E-state index in [0.717, 1.165) is 18.4 Å². The molecule has 6 rings (SSSR count). The highest BCUT2D eigenvalue weighted by Crippen LogP contribution is 2.47. The summed E-state index contributed by atoms with van der Waals surface area (Å²) in [7, 11) is 0. The number of piperidine rings is 1. The molecule has 0 aromatic heterocycles. The molecule has 2 heterocycles. The predicted molar refractivity (Wildman–Crippen MR) is 165 cm³/mol. The number of ether oxygens (including phenoxy) is 1. The van der Waals surface area contributed by atoms with Crippen molar-refractivity contribution in [2.45, 2.75) is 55.2 Å². The SMILES string of the molecule is O=C(c1cc(C(F)(F)F)cc(C(F)(F)F)c1)N1CCO[C@](CCN2CCC3(CC2)c2ccccc2CC3O)(c2ccc(Cl)c(Cl)c2)C1. The molecule has 252 valence electrons. The summed E-state index contributed by atoms with van der Waals surface area (Å²) in [4.78, 5) is 17.1. The van der Waals surface area contributed by atoms with Gasteiger partial charge in [0.25, 0.3) is 5.91 Å². The smallest absolute Gasteiger partial charge is 0.392 e. The maximum Gasteiger partial charge on any atom is 0.416 e. The van der Waals surface area contributed by atoms with E-state index in [1.807, 2.05) is 12.1 Å². The number of aliphatic hydroxyl groups excluding tert-OH is 1. The lowest BCUT2D eigenvalue weighted by Crippen LogP contribution is -2.54. The molecule has 1 amide bonds. The highest BCUT2D eigenvalue weighted by molar-refractivity contribution is 6.42. The van der Waals surface area contributed by atoms with Crippen molar-refractivity contribution in [1.82, 2.24) is 9.80 Å². The zero-order chi connectivity index (χ0) is 33.8. The van der Waals surface area contributed by atoms with Crippen molar-refractivity contribution in [3.05, 3.63) is 104 Å². The van der Waals surface area contributed by atoms with E-state index < -0.39 is 46.7 Å². The average Bonchev–Trinajstić information content (AvgIpc) is 3.31. The van der Waals surface area contributed by atoms with E-state index >= 15 is 0 Å². The van der Waals surface area contributed by atoms with Crippen molar-refractivity contribution in [2.75, 3.05) is 39.3 Å². The molecular weight excluding hydrogens is 669 g/mol. The predicted octanol–water partition coefficient (Wildman–Crippen LogP) is 7.74. The van der Waals surface area contributed by atoms with Crippen LogP contribution in [0.15, 0.2) is 60.7 Å². The van der Waals surface area contributed by atoms with Crippen LogP contribution < -0.4 is 0 Å². The Morgan fingerprint density at radius 1 is 0.894 bits per heavy atom. The first kappa shape index (κ1) is 34.0. The van der Waals surface area contributed by atoms with Gasteiger partial charge in [0.1, 0.15) is 5.60 Å². The van der Waals surface area contributed by atoms with Crippen molar-refractivity contribution in [3.8, 4) is 0 Å². The van der Waals surface area contributed by atoms with Gasteiger partial charge in [0.15, 0.2) is 0 Å². The highest BCUT2D eigenvalue weighted by Gasteiger charge is 2.48. The molecule has 13 heteroatoms.